The Balaban J connectivity index is 1.53. The molecule has 0 saturated carbocycles. The highest BCUT2D eigenvalue weighted by molar-refractivity contribution is 5.85. The third-order valence-corrected chi connectivity index (χ3v) is 6.58. The van der Waals surface area contributed by atoms with Crippen LogP contribution in [-0.4, -0.2) is 44.2 Å². The lowest BCUT2D eigenvalue weighted by molar-refractivity contribution is -0.00773. The van der Waals surface area contributed by atoms with E-state index in [9.17, 15) is 0 Å². The zero-order valence-corrected chi connectivity index (χ0v) is 18.3. The van der Waals surface area contributed by atoms with Crippen molar-refractivity contribution >= 4 is 16.7 Å². The summed E-state index contributed by atoms with van der Waals surface area (Å²) in [4.78, 5) is 6.98. The average Bonchev–Trinajstić information content (AvgIpc) is 2.66. The van der Waals surface area contributed by atoms with Crippen LogP contribution < -0.4 is 5.32 Å². The van der Waals surface area contributed by atoms with Gasteiger partial charge < -0.3 is 5.32 Å². The number of piperidine rings is 1. The largest absolute Gasteiger partial charge is 0.366 e. The molecule has 29 heavy (non-hydrogen) atoms. The van der Waals surface area contributed by atoms with Gasteiger partial charge in [0.05, 0.1) is 11.2 Å². The molecule has 1 N–H and O–H groups in total. The summed E-state index contributed by atoms with van der Waals surface area (Å²) >= 11 is 0. The molecule has 1 fully saturated rings. The Morgan fingerprint density at radius 1 is 0.966 bits per heavy atom. The minimum absolute atomic E-state index is 0.142. The summed E-state index contributed by atoms with van der Waals surface area (Å²) in [6, 6.07) is 12.8. The van der Waals surface area contributed by atoms with Crippen LogP contribution in [0, 0.1) is 6.92 Å². The maximum atomic E-state index is 4.49. The molecule has 0 bridgehead atoms. The van der Waals surface area contributed by atoms with Crippen molar-refractivity contribution < 1.29 is 0 Å². The number of hydrogen-bond donors (Lipinski definition) is 1. The molecule has 1 aliphatic rings. The maximum Gasteiger partial charge on any atom is 0.148 e. The summed E-state index contributed by atoms with van der Waals surface area (Å²) in [6.45, 7) is 11.4. The number of aryl methyl sites for hydroxylation is 1. The number of fused-ring (bicyclic) bond motifs is 1. The van der Waals surface area contributed by atoms with Gasteiger partial charge in [0.15, 0.2) is 0 Å². The van der Waals surface area contributed by atoms with Crippen molar-refractivity contribution in [1.29, 1.82) is 0 Å². The van der Waals surface area contributed by atoms with E-state index < -0.39 is 0 Å². The minimum Gasteiger partial charge on any atom is -0.366 e. The summed E-state index contributed by atoms with van der Waals surface area (Å²) in [6.07, 6.45) is 4.00. The van der Waals surface area contributed by atoms with Gasteiger partial charge in [-0.25, -0.2) is 0 Å². The maximum absolute atomic E-state index is 4.49. The second kappa shape index (κ2) is 7.06. The molecule has 4 rings (SSSR count). The molecule has 5 nitrogen and oxygen atoms in total. The number of likely N-dealkylation sites (tertiary alicyclic amines) is 1. The van der Waals surface area contributed by atoms with Gasteiger partial charge in [-0.15, -0.1) is 10.2 Å². The van der Waals surface area contributed by atoms with Crippen molar-refractivity contribution in [1.82, 2.24) is 20.1 Å². The Hall–Kier alpha value is -2.53. The van der Waals surface area contributed by atoms with Crippen LogP contribution in [-0.2, 0) is 0 Å². The number of pyridine rings is 1. The van der Waals surface area contributed by atoms with Gasteiger partial charge >= 0.3 is 0 Å². The molecule has 3 aromatic rings. The first-order chi connectivity index (χ1) is 13.7. The van der Waals surface area contributed by atoms with Gasteiger partial charge in [0.25, 0.3) is 0 Å². The van der Waals surface area contributed by atoms with E-state index in [-0.39, 0.29) is 11.1 Å². The third kappa shape index (κ3) is 3.84. The number of rotatable bonds is 3. The first kappa shape index (κ1) is 19.8. The van der Waals surface area contributed by atoms with Crippen molar-refractivity contribution in [3.8, 4) is 11.3 Å². The zero-order chi connectivity index (χ0) is 20.8. The molecular formula is C24H31N5. The molecule has 0 aliphatic carbocycles. The average molecular weight is 390 g/mol. The molecule has 0 unspecified atom stereocenters. The van der Waals surface area contributed by atoms with Gasteiger partial charge in [0.2, 0.25) is 0 Å². The highest BCUT2D eigenvalue weighted by atomic mass is 15.3. The Morgan fingerprint density at radius 3 is 2.34 bits per heavy atom. The normalized spacial score (nSPS) is 19.4. The summed E-state index contributed by atoms with van der Waals surface area (Å²) in [5.41, 5.74) is 4.41. The topological polar surface area (TPSA) is 53.9 Å². The van der Waals surface area contributed by atoms with Crippen LogP contribution in [0.15, 0.2) is 42.6 Å². The monoisotopic (exact) mass is 389 g/mol. The predicted octanol–water partition coefficient (Wildman–Crippen LogP) is 5.06. The lowest BCUT2D eigenvalue weighted by Crippen LogP contribution is -2.61. The third-order valence-electron chi connectivity index (χ3n) is 6.58. The first-order valence-electron chi connectivity index (χ1n) is 10.4. The number of nitrogens with zero attached hydrogens (tertiary/aromatic N) is 4. The molecule has 1 aliphatic heterocycles. The van der Waals surface area contributed by atoms with Gasteiger partial charge in [-0.05, 0) is 84.3 Å². The first-order valence-corrected chi connectivity index (χ1v) is 10.4. The van der Waals surface area contributed by atoms with E-state index in [2.05, 4.69) is 85.3 Å². The number of benzene rings is 1. The molecule has 0 spiro atoms. The highest BCUT2D eigenvalue weighted by Crippen LogP contribution is 2.37. The SMILES string of the molecule is Cc1ccnc2cc(-c3ccc(NC4CC(C)(C)N(C)C(C)(C)C4)nn3)ccc12. The number of hydrogen-bond acceptors (Lipinski definition) is 5. The van der Waals surface area contributed by atoms with Gasteiger partial charge in [-0.2, -0.15) is 0 Å². The van der Waals surface area contributed by atoms with Crippen molar-refractivity contribution in [2.75, 3.05) is 12.4 Å². The molecule has 0 amide bonds. The van der Waals surface area contributed by atoms with Crippen LogP contribution in [0.25, 0.3) is 22.2 Å². The quantitative estimate of drug-likeness (QED) is 0.678. The minimum atomic E-state index is 0.142. The van der Waals surface area contributed by atoms with Crippen molar-refractivity contribution in [3.05, 3.63) is 48.2 Å². The van der Waals surface area contributed by atoms with E-state index in [0.717, 1.165) is 35.4 Å². The Labute approximate surface area is 173 Å². The van der Waals surface area contributed by atoms with Gasteiger partial charge in [-0.3, -0.25) is 9.88 Å². The van der Waals surface area contributed by atoms with Crippen molar-refractivity contribution in [2.24, 2.45) is 0 Å². The number of anilines is 1. The second-order valence-corrected chi connectivity index (χ2v) is 9.60. The van der Waals surface area contributed by atoms with E-state index in [4.69, 9.17) is 0 Å². The van der Waals surface area contributed by atoms with Crippen LogP contribution in [0.2, 0.25) is 0 Å². The van der Waals surface area contributed by atoms with E-state index in [1.54, 1.807) is 0 Å². The summed E-state index contributed by atoms with van der Waals surface area (Å²) in [5.74, 6) is 0.838. The molecule has 1 saturated heterocycles. The summed E-state index contributed by atoms with van der Waals surface area (Å²) in [5, 5.41) is 13.7. The molecule has 152 valence electrons. The highest BCUT2D eigenvalue weighted by Gasteiger charge is 2.43. The van der Waals surface area contributed by atoms with Crippen LogP contribution in [0.3, 0.4) is 0 Å². The lowest BCUT2D eigenvalue weighted by Gasteiger charge is -2.53. The van der Waals surface area contributed by atoms with E-state index in [0.29, 0.717) is 6.04 Å². The lowest BCUT2D eigenvalue weighted by atomic mass is 9.77. The van der Waals surface area contributed by atoms with Gasteiger partial charge in [0, 0.05) is 34.3 Å². The van der Waals surface area contributed by atoms with E-state index >= 15 is 0 Å². The fourth-order valence-electron chi connectivity index (χ4n) is 4.70. The fourth-order valence-corrected chi connectivity index (χ4v) is 4.70. The summed E-state index contributed by atoms with van der Waals surface area (Å²) < 4.78 is 0. The molecule has 3 heterocycles. The summed E-state index contributed by atoms with van der Waals surface area (Å²) in [7, 11) is 2.23. The Bertz CT molecular complexity index is 1010. The fraction of sp³-hybridized carbons (Fsp3) is 0.458. The molecule has 5 heteroatoms. The number of nitrogens with one attached hydrogen (secondary N) is 1. The van der Waals surface area contributed by atoms with Crippen LogP contribution in [0.5, 0.6) is 0 Å². The van der Waals surface area contributed by atoms with Crippen LogP contribution in [0.1, 0.15) is 46.1 Å². The van der Waals surface area contributed by atoms with Crippen molar-refractivity contribution in [2.45, 2.75) is 64.6 Å². The standard InChI is InChI=1S/C24H31N5/c1-16-11-12-25-21-13-17(7-8-19(16)21)20-9-10-22(28-27-20)26-18-14-23(2,3)29(6)24(4,5)15-18/h7-13,18H,14-15H2,1-6H3,(H,26,28). The molecular weight excluding hydrogens is 358 g/mol. The Morgan fingerprint density at radius 2 is 1.69 bits per heavy atom. The molecule has 1 aromatic carbocycles. The molecule has 0 radical (unpaired) electrons. The smallest absolute Gasteiger partial charge is 0.148 e. The van der Waals surface area contributed by atoms with Crippen LogP contribution in [0.4, 0.5) is 5.82 Å². The second-order valence-electron chi connectivity index (χ2n) is 9.60. The van der Waals surface area contributed by atoms with Crippen molar-refractivity contribution in [3.63, 3.8) is 0 Å². The molecule has 2 aromatic heterocycles. The van der Waals surface area contributed by atoms with Gasteiger partial charge in [0.1, 0.15) is 5.82 Å². The van der Waals surface area contributed by atoms with E-state index in [1.165, 1.54) is 10.9 Å². The van der Waals surface area contributed by atoms with Crippen LogP contribution >= 0.6 is 0 Å². The number of aromatic nitrogens is 3. The zero-order valence-electron chi connectivity index (χ0n) is 18.3. The van der Waals surface area contributed by atoms with Gasteiger partial charge in [-0.1, -0.05) is 12.1 Å². The molecule has 0 atom stereocenters. The van der Waals surface area contributed by atoms with E-state index in [1.807, 2.05) is 24.4 Å². The predicted molar refractivity (Wildman–Crippen MR) is 120 cm³/mol. The Kier molecular flexibility index (Phi) is 4.82.